The lowest BCUT2D eigenvalue weighted by atomic mass is 10.0. The summed E-state index contributed by atoms with van der Waals surface area (Å²) in [5.74, 6) is 1.75. The number of hydrogen-bond acceptors (Lipinski definition) is 3. The van der Waals surface area contributed by atoms with Crippen LogP contribution >= 0.6 is 11.3 Å². The first-order valence-corrected chi connectivity index (χ1v) is 12.4. The van der Waals surface area contributed by atoms with Crippen molar-refractivity contribution in [3.63, 3.8) is 0 Å². The second-order valence-electron chi connectivity index (χ2n) is 9.14. The van der Waals surface area contributed by atoms with E-state index in [-0.39, 0.29) is 0 Å². The van der Waals surface area contributed by atoms with Crippen LogP contribution in [0.3, 0.4) is 0 Å². The Morgan fingerprint density at radius 2 is 1.90 bits per heavy atom. The molecule has 0 saturated carbocycles. The van der Waals surface area contributed by atoms with Crippen molar-refractivity contribution in [2.24, 2.45) is 4.99 Å². The second kappa shape index (κ2) is 8.97. The van der Waals surface area contributed by atoms with E-state index in [2.05, 4.69) is 84.7 Å². The van der Waals surface area contributed by atoms with E-state index in [1.165, 1.54) is 38.7 Å². The number of rotatable bonds is 4. The fraction of sp³-hybridized carbons (Fsp3) is 0.370. The number of hydrogen-bond donors (Lipinski definition) is 1. The summed E-state index contributed by atoms with van der Waals surface area (Å²) in [6.45, 7) is 7.86. The molecule has 3 heterocycles. The van der Waals surface area contributed by atoms with Crippen LogP contribution in [0, 0.1) is 0 Å². The minimum Gasteiger partial charge on any atom is -0.344 e. The van der Waals surface area contributed by atoms with Crippen LogP contribution in [0.1, 0.15) is 52.6 Å². The summed E-state index contributed by atoms with van der Waals surface area (Å²) < 4.78 is 0. The third-order valence-electron chi connectivity index (χ3n) is 6.51. The predicted octanol–water partition coefficient (Wildman–Crippen LogP) is 4.73. The summed E-state index contributed by atoms with van der Waals surface area (Å²) in [5, 5.41) is 2.54. The zero-order chi connectivity index (χ0) is 21.2. The first kappa shape index (κ1) is 20.5. The van der Waals surface area contributed by atoms with E-state index >= 15 is 0 Å². The smallest absolute Gasteiger partial charge is 0.138 e. The number of aryl methyl sites for hydroxylation is 1. The SMILES string of the molecule is CC(C)c1cc2c(s1)Cc1ccccc1N=C2N1CC[NH2+][C@@H](CCc2ccccc2)C1. The highest BCUT2D eigenvalue weighted by Gasteiger charge is 2.29. The molecule has 0 amide bonds. The van der Waals surface area contributed by atoms with Gasteiger partial charge in [-0.2, -0.15) is 0 Å². The van der Waals surface area contributed by atoms with Crippen molar-refractivity contribution in [3.8, 4) is 0 Å². The highest BCUT2D eigenvalue weighted by atomic mass is 32.1. The summed E-state index contributed by atoms with van der Waals surface area (Å²) in [5.41, 5.74) is 5.30. The van der Waals surface area contributed by atoms with Gasteiger partial charge in [0, 0.05) is 28.2 Å². The number of aliphatic imine (C=N–C) groups is 1. The molecule has 2 aliphatic rings. The fourth-order valence-electron chi connectivity index (χ4n) is 4.73. The average Bonchev–Trinajstić information content (AvgIpc) is 3.15. The van der Waals surface area contributed by atoms with E-state index in [0.29, 0.717) is 12.0 Å². The Labute approximate surface area is 189 Å². The Morgan fingerprint density at radius 1 is 1.10 bits per heavy atom. The molecule has 4 heteroatoms. The summed E-state index contributed by atoms with van der Waals surface area (Å²) in [4.78, 5) is 10.8. The van der Waals surface area contributed by atoms with Crippen LogP contribution in [0.4, 0.5) is 5.69 Å². The number of fused-ring (bicyclic) bond motifs is 2. The molecule has 0 radical (unpaired) electrons. The number of nitrogens with two attached hydrogens (primary N) is 1. The summed E-state index contributed by atoms with van der Waals surface area (Å²) >= 11 is 1.98. The van der Waals surface area contributed by atoms with Crippen molar-refractivity contribution < 1.29 is 5.32 Å². The average molecular weight is 431 g/mol. The molecule has 0 spiro atoms. The number of para-hydroxylation sites is 1. The van der Waals surface area contributed by atoms with Gasteiger partial charge in [0.05, 0.1) is 25.3 Å². The number of piperazine rings is 1. The van der Waals surface area contributed by atoms with Crippen LogP contribution in [-0.4, -0.2) is 36.4 Å². The van der Waals surface area contributed by atoms with Crippen molar-refractivity contribution >= 4 is 22.9 Å². The Balaban J connectivity index is 1.42. The molecule has 2 N–H and O–H groups in total. The molecule has 1 fully saturated rings. The maximum Gasteiger partial charge on any atom is 0.138 e. The van der Waals surface area contributed by atoms with Crippen molar-refractivity contribution in [2.75, 3.05) is 19.6 Å². The first-order valence-electron chi connectivity index (χ1n) is 11.6. The maximum atomic E-state index is 5.26. The minimum absolute atomic E-state index is 0.557. The van der Waals surface area contributed by atoms with Gasteiger partial charge in [-0.3, -0.25) is 0 Å². The van der Waals surface area contributed by atoms with Crippen molar-refractivity contribution in [1.82, 2.24) is 4.90 Å². The van der Waals surface area contributed by atoms with Gasteiger partial charge in [0.1, 0.15) is 11.9 Å². The van der Waals surface area contributed by atoms with Crippen molar-refractivity contribution in [2.45, 2.75) is 45.1 Å². The van der Waals surface area contributed by atoms with Crippen LogP contribution in [0.25, 0.3) is 0 Å². The maximum absolute atomic E-state index is 5.26. The minimum atomic E-state index is 0.557. The normalized spacial score (nSPS) is 18.4. The number of benzene rings is 2. The molecule has 3 nitrogen and oxygen atoms in total. The van der Waals surface area contributed by atoms with Crippen molar-refractivity contribution in [3.05, 3.63) is 87.1 Å². The molecule has 0 unspecified atom stereocenters. The molecular formula is C27H32N3S+. The van der Waals surface area contributed by atoms with E-state index in [9.17, 15) is 0 Å². The Kier molecular flexibility index (Phi) is 5.93. The van der Waals surface area contributed by atoms with Crippen LogP contribution in [0.15, 0.2) is 65.7 Å². The molecule has 3 aromatic rings. The van der Waals surface area contributed by atoms with E-state index in [1.807, 2.05) is 11.3 Å². The fourth-order valence-corrected chi connectivity index (χ4v) is 5.91. The lowest BCUT2D eigenvalue weighted by Crippen LogP contribution is -2.95. The third kappa shape index (κ3) is 4.46. The van der Waals surface area contributed by atoms with E-state index in [0.717, 1.165) is 38.2 Å². The van der Waals surface area contributed by atoms with Crippen LogP contribution in [0.5, 0.6) is 0 Å². The van der Waals surface area contributed by atoms with Crippen LogP contribution in [-0.2, 0) is 12.8 Å². The molecular weight excluding hydrogens is 398 g/mol. The van der Waals surface area contributed by atoms with Crippen molar-refractivity contribution in [1.29, 1.82) is 0 Å². The predicted molar refractivity (Wildman–Crippen MR) is 131 cm³/mol. The summed E-state index contributed by atoms with van der Waals surface area (Å²) in [7, 11) is 0. The van der Waals surface area contributed by atoms with E-state index < -0.39 is 0 Å². The third-order valence-corrected chi connectivity index (χ3v) is 7.94. The lowest BCUT2D eigenvalue weighted by molar-refractivity contribution is -0.697. The molecule has 31 heavy (non-hydrogen) atoms. The molecule has 0 aliphatic carbocycles. The van der Waals surface area contributed by atoms with Gasteiger partial charge in [0.25, 0.3) is 0 Å². The topological polar surface area (TPSA) is 32.2 Å². The molecule has 1 atom stereocenters. The zero-order valence-electron chi connectivity index (χ0n) is 18.6. The van der Waals surface area contributed by atoms with Gasteiger partial charge in [0.15, 0.2) is 0 Å². The van der Waals surface area contributed by atoms with E-state index in [1.54, 1.807) is 0 Å². The quantitative estimate of drug-likeness (QED) is 0.637. The Hall–Kier alpha value is -2.43. The lowest BCUT2D eigenvalue weighted by Gasteiger charge is -2.33. The van der Waals surface area contributed by atoms with Crippen LogP contribution < -0.4 is 5.32 Å². The van der Waals surface area contributed by atoms with Crippen LogP contribution in [0.2, 0.25) is 0 Å². The number of nitrogens with zero attached hydrogens (tertiary/aromatic N) is 2. The Bertz CT molecular complexity index is 1070. The van der Waals surface area contributed by atoms with Gasteiger partial charge in [-0.25, -0.2) is 4.99 Å². The monoisotopic (exact) mass is 430 g/mol. The zero-order valence-corrected chi connectivity index (χ0v) is 19.4. The number of quaternary nitrogens is 1. The number of amidine groups is 1. The van der Waals surface area contributed by atoms with Gasteiger partial charge in [-0.15, -0.1) is 11.3 Å². The van der Waals surface area contributed by atoms with Gasteiger partial charge in [0.2, 0.25) is 0 Å². The molecule has 0 bridgehead atoms. The largest absolute Gasteiger partial charge is 0.344 e. The summed E-state index contributed by atoms with van der Waals surface area (Å²) in [6.07, 6.45) is 3.35. The first-order chi connectivity index (χ1) is 15.2. The highest BCUT2D eigenvalue weighted by molar-refractivity contribution is 7.12. The van der Waals surface area contributed by atoms with Gasteiger partial charge in [-0.05, 0) is 35.6 Å². The Morgan fingerprint density at radius 3 is 2.74 bits per heavy atom. The van der Waals surface area contributed by atoms with E-state index in [4.69, 9.17) is 4.99 Å². The highest BCUT2D eigenvalue weighted by Crippen LogP contribution is 2.36. The summed E-state index contributed by atoms with van der Waals surface area (Å²) in [6, 6.07) is 22.6. The molecule has 2 aliphatic heterocycles. The van der Waals surface area contributed by atoms with Gasteiger partial charge >= 0.3 is 0 Å². The molecule has 2 aromatic carbocycles. The standard InChI is InChI=1S/C27H31N3S/c1-19(2)25-17-23-26(31-25)16-21-10-6-7-11-24(21)29-27(23)30-15-14-28-22(18-30)13-12-20-8-4-3-5-9-20/h3-11,17,19,22,28H,12-16,18H2,1-2H3/p+1/t22-/m0/s1. The molecule has 1 aromatic heterocycles. The van der Waals surface area contributed by atoms with Gasteiger partial charge in [-0.1, -0.05) is 62.4 Å². The molecule has 5 rings (SSSR count). The number of thiophene rings is 1. The molecule has 1 saturated heterocycles. The van der Waals surface area contributed by atoms with Gasteiger partial charge < -0.3 is 10.2 Å². The molecule has 160 valence electrons. The second-order valence-corrected chi connectivity index (χ2v) is 10.3.